The third-order valence-corrected chi connectivity index (χ3v) is 23.9. The molecule has 482 valence electrons. The lowest BCUT2D eigenvalue weighted by molar-refractivity contribution is 0.405. The van der Waals surface area contributed by atoms with Crippen molar-refractivity contribution in [1.82, 2.24) is 0 Å². The van der Waals surface area contributed by atoms with Crippen LogP contribution in [0.2, 0.25) is 0 Å². The van der Waals surface area contributed by atoms with E-state index in [1.807, 2.05) is 0 Å². The highest BCUT2D eigenvalue weighted by Crippen LogP contribution is 2.61. The molecular formula is C92H114. The van der Waals surface area contributed by atoms with Gasteiger partial charge in [-0.25, -0.2) is 0 Å². The van der Waals surface area contributed by atoms with Gasteiger partial charge in [-0.3, -0.25) is 0 Å². The minimum absolute atomic E-state index is 0.0451. The van der Waals surface area contributed by atoms with Gasteiger partial charge in [0.15, 0.2) is 0 Å². The number of benzene rings is 8. The molecule has 0 radical (unpaired) electrons. The van der Waals surface area contributed by atoms with Gasteiger partial charge in [-0.1, -0.05) is 331 Å². The van der Waals surface area contributed by atoms with Gasteiger partial charge in [0, 0.05) is 21.7 Å². The fourth-order valence-corrected chi connectivity index (χ4v) is 19.0. The second-order valence-electron chi connectivity index (χ2n) is 29.6. The van der Waals surface area contributed by atoms with Crippen LogP contribution < -0.4 is 0 Å². The number of hydrogen-bond donors (Lipinski definition) is 0. The average Bonchev–Trinajstić information content (AvgIpc) is 1.58. The van der Waals surface area contributed by atoms with E-state index in [4.69, 9.17) is 0 Å². The fraction of sp³-hybridized carbons (Fsp3) is 0.478. The molecule has 0 N–H and O–H groups in total. The molecule has 0 atom stereocenters. The Balaban J connectivity index is 0.954. The van der Waals surface area contributed by atoms with Crippen molar-refractivity contribution in [2.24, 2.45) is 0 Å². The molecule has 8 aromatic carbocycles. The summed E-state index contributed by atoms with van der Waals surface area (Å²) < 4.78 is 0. The quantitative estimate of drug-likeness (QED) is 0.0347. The van der Waals surface area contributed by atoms with Crippen LogP contribution in [0, 0.1) is 0 Å². The minimum Gasteiger partial charge on any atom is -0.0654 e. The summed E-state index contributed by atoms with van der Waals surface area (Å²) in [6.07, 6.45) is 40.1. The van der Waals surface area contributed by atoms with Crippen LogP contribution in [0.4, 0.5) is 0 Å². The summed E-state index contributed by atoms with van der Waals surface area (Å²) in [6, 6.07) is 65.6. The molecule has 0 saturated heterocycles. The van der Waals surface area contributed by atoms with Gasteiger partial charge in [-0.15, -0.1) is 0 Å². The highest BCUT2D eigenvalue weighted by Gasteiger charge is 2.47. The summed E-state index contributed by atoms with van der Waals surface area (Å²) in [7, 11) is 0. The standard InChI is InChI=1S/C92H114/c1-9-17-29-53-89(54-30-18-10-2)81-39-27-25-37-73(81)75-47-41-67(61-83(75)89)69-43-49-77-79-51-45-71(65-87(79)91(85(77)63-69,57-33-21-13-5)58-34-22-14-6)72-46-52-80-78-50-44-70(64-86(78)92(88(80)66-72,59-35-23-15-7)60-36-24-16-8)68-42-48-76-74-38-26-28-40-82(74)90(84(76)62-68,55-31-19-11-3)56-32-20-12-4/h25-28,37-52,61-66H,9-24,29-36,53-60H2,1-8H3. The van der Waals surface area contributed by atoms with E-state index in [2.05, 4.69) is 213 Å². The average molecular weight is 1220 g/mol. The first-order valence-electron chi connectivity index (χ1n) is 38.3. The Morgan fingerprint density at radius 1 is 0.174 bits per heavy atom. The van der Waals surface area contributed by atoms with Crippen LogP contribution in [-0.4, -0.2) is 0 Å². The molecule has 12 rings (SSSR count). The maximum Gasteiger partial charge on any atom is 0.0215 e. The zero-order chi connectivity index (χ0) is 63.7. The van der Waals surface area contributed by atoms with E-state index in [-0.39, 0.29) is 21.7 Å². The summed E-state index contributed by atoms with van der Waals surface area (Å²) in [5.41, 5.74) is 32.9. The molecule has 0 unspecified atom stereocenters. The normalized spacial score (nSPS) is 15.2. The Bertz CT molecular complexity index is 3510. The molecule has 0 aromatic heterocycles. The van der Waals surface area contributed by atoms with E-state index in [1.54, 1.807) is 44.5 Å². The minimum atomic E-state index is -0.0451. The molecule has 0 bridgehead atoms. The lowest BCUT2D eigenvalue weighted by Gasteiger charge is -2.34. The van der Waals surface area contributed by atoms with Crippen LogP contribution in [0.25, 0.3) is 77.9 Å². The van der Waals surface area contributed by atoms with E-state index in [0.717, 1.165) is 0 Å². The molecule has 0 saturated carbocycles. The molecule has 0 nitrogen and oxygen atoms in total. The third kappa shape index (κ3) is 12.1. The van der Waals surface area contributed by atoms with Crippen LogP contribution in [-0.2, 0) is 21.7 Å². The summed E-state index contributed by atoms with van der Waals surface area (Å²) in [5.74, 6) is 0. The SMILES string of the molecule is CCCCCC1(CCCCC)c2ccccc2-c2ccc(-c3ccc4c(c3)C(CCCCC)(CCCCC)c3cc(-c5ccc6c(c5)C(CCCCC)(CCCCC)c5cc(-c7ccc8c(c7)C(CCCCC)(CCCCC)c7ccccc7-8)ccc5-6)ccc3-4)cc21. The van der Waals surface area contributed by atoms with Gasteiger partial charge in [0.1, 0.15) is 0 Å². The second kappa shape index (κ2) is 29.6. The van der Waals surface area contributed by atoms with Gasteiger partial charge < -0.3 is 0 Å². The number of unbranched alkanes of at least 4 members (excludes halogenated alkanes) is 16. The van der Waals surface area contributed by atoms with Crippen molar-refractivity contribution in [1.29, 1.82) is 0 Å². The Morgan fingerprint density at radius 2 is 0.337 bits per heavy atom. The van der Waals surface area contributed by atoms with E-state index in [9.17, 15) is 0 Å². The van der Waals surface area contributed by atoms with Crippen molar-refractivity contribution in [2.75, 3.05) is 0 Å². The van der Waals surface area contributed by atoms with E-state index in [0.29, 0.717) is 0 Å². The zero-order valence-corrected chi connectivity index (χ0v) is 58.6. The molecule has 0 aliphatic heterocycles. The lowest BCUT2D eigenvalue weighted by Crippen LogP contribution is -2.26. The molecule has 0 fully saturated rings. The zero-order valence-electron chi connectivity index (χ0n) is 58.6. The molecule has 0 spiro atoms. The topological polar surface area (TPSA) is 0 Å². The summed E-state index contributed by atoms with van der Waals surface area (Å²) in [5, 5.41) is 0. The van der Waals surface area contributed by atoms with E-state index in [1.165, 1.54) is 283 Å². The van der Waals surface area contributed by atoms with Gasteiger partial charge in [0.25, 0.3) is 0 Å². The summed E-state index contributed by atoms with van der Waals surface area (Å²) in [4.78, 5) is 0. The Morgan fingerprint density at radius 3 is 0.522 bits per heavy atom. The summed E-state index contributed by atoms with van der Waals surface area (Å²) in [6.45, 7) is 19.0. The smallest absolute Gasteiger partial charge is 0.0215 e. The Kier molecular flexibility index (Phi) is 21.2. The molecule has 0 amide bonds. The molecule has 0 heteroatoms. The highest BCUT2D eigenvalue weighted by atomic mass is 14.5. The summed E-state index contributed by atoms with van der Waals surface area (Å²) >= 11 is 0. The molecule has 92 heavy (non-hydrogen) atoms. The largest absolute Gasteiger partial charge is 0.0654 e. The van der Waals surface area contributed by atoms with Gasteiger partial charge in [0.2, 0.25) is 0 Å². The van der Waals surface area contributed by atoms with Crippen molar-refractivity contribution >= 4 is 0 Å². The van der Waals surface area contributed by atoms with Crippen molar-refractivity contribution in [3.05, 3.63) is 202 Å². The molecular weight excluding hydrogens is 1110 g/mol. The molecule has 0 heterocycles. The predicted octanol–water partition coefficient (Wildman–Crippen LogP) is 28.4. The van der Waals surface area contributed by atoms with Crippen LogP contribution in [0.3, 0.4) is 0 Å². The van der Waals surface area contributed by atoms with Crippen molar-refractivity contribution in [3.63, 3.8) is 0 Å². The predicted molar refractivity (Wildman–Crippen MR) is 401 cm³/mol. The monoisotopic (exact) mass is 1220 g/mol. The second-order valence-corrected chi connectivity index (χ2v) is 29.6. The van der Waals surface area contributed by atoms with Crippen LogP contribution in [0.1, 0.15) is 305 Å². The Hall–Kier alpha value is -6.24. The van der Waals surface area contributed by atoms with Crippen molar-refractivity contribution < 1.29 is 0 Å². The van der Waals surface area contributed by atoms with E-state index < -0.39 is 0 Å². The number of rotatable bonds is 35. The van der Waals surface area contributed by atoms with Crippen LogP contribution in [0.15, 0.2) is 158 Å². The molecule has 4 aliphatic rings. The van der Waals surface area contributed by atoms with Crippen LogP contribution in [0.5, 0.6) is 0 Å². The van der Waals surface area contributed by atoms with Crippen molar-refractivity contribution in [3.8, 4) is 77.9 Å². The number of hydrogen-bond acceptors (Lipinski definition) is 0. The third-order valence-electron chi connectivity index (χ3n) is 23.9. The van der Waals surface area contributed by atoms with E-state index >= 15 is 0 Å². The van der Waals surface area contributed by atoms with Gasteiger partial charge in [-0.05, 0) is 210 Å². The van der Waals surface area contributed by atoms with Crippen molar-refractivity contribution in [2.45, 2.75) is 283 Å². The fourth-order valence-electron chi connectivity index (χ4n) is 19.0. The maximum absolute atomic E-state index is 2.73. The first kappa shape index (κ1) is 65.8. The number of fused-ring (bicyclic) bond motifs is 12. The van der Waals surface area contributed by atoms with Gasteiger partial charge in [0.05, 0.1) is 0 Å². The van der Waals surface area contributed by atoms with Crippen LogP contribution >= 0.6 is 0 Å². The highest BCUT2D eigenvalue weighted by molar-refractivity contribution is 5.91. The Labute approximate surface area is 559 Å². The first-order valence-corrected chi connectivity index (χ1v) is 38.3. The lowest BCUT2D eigenvalue weighted by atomic mass is 9.69. The first-order chi connectivity index (χ1) is 45.2. The molecule has 8 aromatic rings. The maximum atomic E-state index is 2.73. The van der Waals surface area contributed by atoms with Gasteiger partial charge in [-0.2, -0.15) is 0 Å². The van der Waals surface area contributed by atoms with Gasteiger partial charge >= 0.3 is 0 Å². The molecule has 4 aliphatic carbocycles.